The molecule has 0 aliphatic rings. The van der Waals surface area contributed by atoms with Crippen molar-refractivity contribution in [2.75, 3.05) is 23.4 Å². The summed E-state index contributed by atoms with van der Waals surface area (Å²) in [5.74, 6) is 2.31. The van der Waals surface area contributed by atoms with Crippen molar-refractivity contribution in [3.05, 3.63) is 18.3 Å². The fraction of sp³-hybridized carbons (Fsp3) is 0.583. The van der Waals surface area contributed by atoms with Crippen molar-refractivity contribution in [1.82, 2.24) is 9.71 Å². The van der Waals surface area contributed by atoms with Crippen LogP contribution in [-0.4, -0.2) is 37.5 Å². The van der Waals surface area contributed by atoms with Crippen LogP contribution in [0.25, 0.3) is 0 Å². The number of thioether (sulfide) groups is 1. The van der Waals surface area contributed by atoms with E-state index in [2.05, 4.69) is 21.9 Å². The molecule has 0 aromatic carbocycles. The van der Waals surface area contributed by atoms with Crippen molar-refractivity contribution >= 4 is 27.6 Å². The summed E-state index contributed by atoms with van der Waals surface area (Å²) >= 11 is 1.71. The van der Waals surface area contributed by atoms with E-state index in [0.29, 0.717) is 12.4 Å². The largest absolute Gasteiger partial charge is 0.370 e. The van der Waals surface area contributed by atoms with E-state index in [1.165, 1.54) is 12.3 Å². The quantitative estimate of drug-likeness (QED) is 0.768. The number of rotatable bonds is 8. The standard InChI is InChI=1S/C12H21N3O2S2/c1-4-13-12-8-11(6-7-14-12)19(16,17)15-10(3)9-18-5-2/h6-8,10,15H,4-5,9H2,1-3H3,(H,13,14). The van der Waals surface area contributed by atoms with Crippen molar-refractivity contribution in [3.63, 3.8) is 0 Å². The number of nitrogens with zero attached hydrogens (tertiary/aromatic N) is 1. The molecule has 7 heteroatoms. The zero-order chi connectivity index (χ0) is 14.3. The number of hydrogen-bond acceptors (Lipinski definition) is 5. The van der Waals surface area contributed by atoms with E-state index in [4.69, 9.17) is 0 Å². The lowest BCUT2D eigenvalue weighted by Crippen LogP contribution is -2.34. The molecule has 0 spiro atoms. The normalized spacial score (nSPS) is 13.2. The van der Waals surface area contributed by atoms with E-state index in [9.17, 15) is 8.42 Å². The molecule has 1 rings (SSSR count). The third-order valence-corrected chi connectivity index (χ3v) is 5.06. The zero-order valence-corrected chi connectivity index (χ0v) is 13.1. The summed E-state index contributed by atoms with van der Waals surface area (Å²) in [6, 6.07) is 2.96. The molecule has 1 aromatic rings. The van der Waals surface area contributed by atoms with Crippen LogP contribution >= 0.6 is 11.8 Å². The summed E-state index contributed by atoms with van der Waals surface area (Å²) in [5, 5.41) is 3.00. The maximum absolute atomic E-state index is 12.2. The second-order valence-corrected chi connectivity index (χ2v) is 7.12. The molecule has 0 fully saturated rings. The van der Waals surface area contributed by atoms with Gasteiger partial charge in [0, 0.05) is 30.6 Å². The molecule has 2 N–H and O–H groups in total. The molecule has 5 nitrogen and oxygen atoms in total. The first-order valence-electron chi connectivity index (χ1n) is 6.29. The first-order valence-corrected chi connectivity index (χ1v) is 8.93. The number of pyridine rings is 1. The van der Waals surface area contributed by atoms with Gasteiger partial charge in [-0.05, 0) is 25.7 Å². The summed E-state index contributed by atoms with van der Waals surface area (Å²) < 4.78 is 27.0. The van der Waals surface area contributed by atoms with E-state index in [1.54, 1.807) is 17.8 Å². The van der Waals surface area contributed by atoms with Gasteiger partial charge in [0.05, 0.1) is 4.90 Å². The van der Waals surface area contributed by atoms with Crippen LogP contribution in [0.4, 0.5) is 5.82 Å². The highest BCUT2D eigenvalue weighted by Gasteiger charge is 2.17. The number of anilines is 1. The van der Waals surface area contributed by atoms with Gasteiger partial charge in [0.1, 0.15) is 5.82 Å². The Balaban J connectivity index is 2.79. The Bertz CT molecular complexity index is 492. The zero-order valence-electron chi connectivity index (χ0n) is 11.5. The van der Waals surface area contributed by atoms with Gasteiger partial charge in [-0.3, -0.25) is 0 Å². The van der Waals surface area contributed by atoms with Crippen LogP contribution in [0, 0.1) is 0 Å². The van der Waals surface area contributed by atoms with Gasteiger partial charge in [0.25, 0.3) is 0 Å². The van der Waals surface area contributed by atoms with Crippen molar-refractivity contribution in [2.24, 2.45) is 0 Å². The smallest absolute Gasteiger partial charge is 0.241 e. The van der Waals surface area contributed by atoms with Crippen molar-refractivity contribution in [3.8, 4) is 0 Å². The van der Waals surface area contributed by atoms with Crippen LogP contribution in [0.15, 0.2) is 23.2 Å². The molecular formula is C12H21N3O2S2. The highest BCUT2D eigenvalue weighted by Crippen LogP contribution is 2.13. The summed E-state index contributed by atoms with van der Waals surface area (Å²) in [4.78, 5) is 4.31. The molecule has 1 unspecified atom stereocenters. The molecule has 0 aliphatic carbocycles. The predicted molar refractivity (Wildman–Crippen MR) is 81.2 cm³/mol. The van der Waals surface area contributed by atoms with E-state index in [0.717, 1.165) is 11.5 Å². The first-order chi connectivity index (χ1) is 8.99. The van der Waals surface area contributed by atoms with Crippen LogP contribution in [0.3, 0.4) is 0 Å². The van der Waals surface area contributed by atoms with Gasteiger partial charge in [-0.25, -0.2) is 18.1 Å². The van der Waals surface area contributed by atoms with Gasteiger partial charge in [0.2, 0.25) is 10.0 Å². The highest BCUT2D eigenvalue weighted by molar-refractivity contribution is 7.99. The molecule has 0 saturated carbocycles. The average molecular weight is 303 g/mol. The van der Waals surface area contributed by atoms with Crippen molar-refractivity contribution in [2.45, 2.75) is 31.7 Å². The SMILES string of the molecule is CCNc1cc(S(=O)(=O)NC(C)CSCC)ccn1. The van der Waals surface area contributed by atoms with E-state index in [1.807, 2.05) is 13.8 Å². The Labute approximate surface area is 119 Å². The van der Waals surface area contributed by atoms with Crippen LogP contribution in [-0.2, 0) is 10.0 Å². The minimum atomic E-state index is -3.47. The van der Waals surface area contributed by atoms with Gasteiger partial charge in [-0.15, -0.1) is 0 Å². The van der Waals surface area contributed by atoms with E-state index in [-0.39, 0.29) is 10.9 Å². The van der Waals surface area contributed by atoms with Gasteiger partial charge in [-0.1, -0.05) is 6.92 Å². The van der Waals surface area contributed by atoms with Gasteiger partial charge in [0.15, 0.2) is 0 Å². The Morgan fingerprint density at radius 2 is 2.16 bits per heavy atom. The second-order valence-electron chi connectivity index (χ2n) is 4.09. The lowest BCUT2D eigenvalue weighted by atomic mass is 10.4. The highest BCUT2D eigenvalue weighted by atomic mass is 32.2. The van der Waals surface area contributed by atoms with Crippen LogP contribution in [0.1, 0.15) is 20.8 Å². The third-order valence-electron chi connectivity index (χ3n) is 2.33. The summed E-state index contributed by atoms with van der Waals surface area (Å²) in [5.41, 5.74) is 0. The third kappa shape index (κ3) is 5.38. The maximum Gasteiger partial charge on any atom is 0.241 e. The number of sulfonamides is 1. The Morgan fingerprint density at radius 3 is 2.79 bits per heavy atom. The monoisotopic (exact) mass is 303 g/mol. The molecule has 0 bridgehead atoms. The molecule has 1 heterocycles. The molecule has 1 atom stereocenters. The molecule has 108 valence electrons. The lowest BCUT2D eigenvalue weighted by molar-refractivity contribution is 0.571. The summed E-state index contributed by atoms with van der Waals surface area (Å²) in [6.45, 7) is 6.56. The van der Waals surface area contributed by atoms with Crippen LogP contribution in [0.5, 0.6) is 0 Å². The Morgan fingerprint density at radius 1 is 1.42 bits per heavy atom. The Kier molecular flexibility index (Phi) is 6.60. The topological polar surface area (TPSA) is 71.1 Å². The van der Waals surface area contributed by atoms with Crippen LogP contribution in [0.2, 0.25) is 0 Å². The molecule has 0 amide bonds. The van der Waals surface area contributed by atoms with E-state index < -0.39 is 10.0 Å². The average Bonchev–Trinajstić information content (AvgIpc) is 2.36. The number of aromatic nitrogens is 1. The molecule has 0 aliphatic heterocycles. The second kappa shape index (κ2) is 7.72. The van der Waals surface area contributed by atoms with Gasteiger partial charge >= 0.3 is 0 Å². The van der Waals surface area contributed by atoms with Crippen LogP contribution < -0.4 is 10.0 Å². The molecular weight excluding hydrogens is 282 g/mol. The summed E-state index contributed by atoms with van der Waals surface area (Å²) in [6.07, 6.45) is 1.50. The molecule has 1 aromatic heterocycles. The van der Waals surface area contributed by atoms with Gasteiger partial charge < -0.3 is 5.32 Å². The van der Waals surface area contributed by atoms with Crippen molar-refractivity contribution < 1.29 is 8.42 Å². The fourth-order valence-corrected chi connectivity index (χ4v) is 3.55. The first kappa shape index (κ1) is 16.3. The minimum Gasteiger partial charge on any atom is -0.370 e. The molecule has 19 heavy (non-hydrogen) atoms. The predicted octanol–water partition coefficient (Wildman–Crippen LogP) is 1.93. The number of nitrogens with one attached hydrogen (secondary N) is 2. The minimum absolute atomic E-state index is 0.0919. The van der Waals surface area contributed by atoms with E-state index >= 15 is 0 Å². The Hall–Kier alpha value is -0.790. The molecule has 0 radical (unpaired) electrons. The van der Waals surface area contributed by atoms with Crippen molar-refractivity contribution in [1.29, 1.82) is 0 Å². The summed E-state index contributed by atoms with van der Waals surface area (Å²) in [7, 11) is -3.47. The van der Waals surface area contributed by atoms with Gasteiger partial charge in [-0.2, -0.15) is 11.8 Å². The fourth-order valence-electron chi connectivity index (χ4n) is 1.52. The lowest BCUT2D eigenvalue weighted by Gasteiger charge is -2.14. The number of hydrogen-bond donors (Lipinski definition) is 2. The molecule has 0 saturated heterocycles. The maximum atomic E-state index is 12.2.